The lowest BCUT2D eigenvalue weighted by Crippen LogP contribution is -2.45. The highest BCUT2D eigenvalue weighted by molar-refractivity contribution is 5.97. The van der Waals surface area contributed by atoms with E-state index in [4.69, 9.17) is 9.84 Å². The number of ether oxygens (including phenoxy) is 1. The Kier molecular flexibility index (Phi) is 8.73. The van der Waals surface area contributed by atoms with Gasteiger partial charge >= 0.3 is 5.97 Å². The number of nitrogens with one attached hydrogen (secondary N) is 2. The first-order valence-electron chi connectivity index (χ1n) is 10.8. The minimum atomic E-state index is -0.855. The van der Waals surface area contributed by atoms with Gasteiger partial charge in [-0.3, -0.25) is 19.8 Å². The Morgan fingerprint density at radius 2 is 1.88 bits per heavy atom. The normalized spacial score (nSPS) is 14.5. The van der Waals surface area contributed by atoms with Crippen molar-refractivity contribution < 1.29 is 24.4 Å². The van der Waals surface area contributed by atoms with E-state index >= 15 is 0 Å². The van der Waals surface area contributed by atoms with Crippen molar-refractivity contribution in [2.75, 3.05) is 38.2 Å². The summed E-state index contributed by atoms with van der Waals surface area (Å²) in [7, 11) is 0. The molecule has 33 heavy (non-hydrogen) atoms. The van der Waals surface area contributed by atoms with Crippen LogP contribution in [0.5, 0.6) is 0 Å². The maximum atomic E-state index is 12.5. The number of esters is 1. The number of anilines is 1. The molecule has 176 valence electrons. The average molecular weight is 456 g/mol. The first-order chi connectivity index (χ1) is 16.0. The summed E-state index contributed by atoms with van der Waals surface area (Å²) in [6.07, 6.45) is 1.60. The van der Waals surface area contributed by atoms with E-state index in [1.54, 1.807) is 0 Å². The zero-order valence-electron chi connectivity index (χ0n) is 18.2. The molecule has 0 saturated carbocycles. The largest absolute Gasteiger partial charge is 0.452 e. The van der Waals surface area contributed by atoms with Crippen LogP contribution in [0.15, 0.2) is 48.5 Å². The van der Waals surface area contributed by atoms with Gasteiger partial charge in [-0.1, -0.05) is 30.3 Å². The summed E-state index contributed by atoms with van der Waals surface area (Å²) >= 11 is 0. The number of aliphatic hydroxyl groups excluding tert-OH is 1. The number of rotatable bonds is 10. The summed E-state index contributed by atoms with van der Waals surface area (Å²) in [5.41, 5.74) is 1.19. The zero-order chi connectivity index (χ0) is 23.6. The average Bonchev–Trinajstić information content (AvgIpc) is 2.83. The monoisotopic (exact) mass is 456 g/mol. The second-order valence-electron chi connectivity index (χ2n) is 7.82. The number of hydrogen-bond donors (Lipinski definition) is 3. The molecule has 0 atom stereocenters. The lowest BCUT2D eigenvalue weighted by Gasteiger charge is -2.32. The second kappa shape index (κ2) is 11.9. The Hall–Kier alpha value is -3.50. The summed E-state index contributed by atoms with van der Waals surface area (Å²) in [5, 5.41) is 25.7. The Morgan fingerprint density at radius 1 is 1.15 bits per heavy atom. The van der Waals surface area contributed by atoms with Gasteiger partial charge in [0, 0.05) is 50.0 Å². The minimum Gasteiger partial charge on any atom is -0.452 e. The van der Waals surface area contributed by atoms with Crippen molar-refractivity contribution in [3.8, 4) is 0 Å². The Balaban J connectivity index is 1.47. The van der Waals surface area contributed by atoms with Crippen LogP contribution in [0.1, 0.15) is 28.8 Å². The summed E-state index contributed by atoms with van der Waals surface area (Å²) in [4.78, 5) is 37.5. The van der Waals surface area contributed by atoms with E-state index in [-0.39, 0.29) is 36.1 Å². The molecule has 3 rings (SSSR count). The molecule has 3 N–H and O–H groups in total. The molecule has 10 heteroatoms. The molecule has 1 saturated heterocycles. The molecule has 10 nitrogen and oxygen atoms in total. The smallest absolute Gasteiger partial charge is 0.341 e. The number of amides is 1. The van der Waals surface area contributed by atoms with E-state index in [1.807, 2.05) is 18.2 Å². The van der Waals surface area contributed by atoms with Gasteiger partial charge in [0.1, 0.15) is 0 Å². The highest BCUT2D eigenvalue weighted by Crippen LogP contribution is 2.23. The van der Waals surface area contributed by atoms with Crippen LogP contribution in [0.2, 0.25) is 0 Å². The van der Waals surface area contributed by atoms with Gasteiger partial charge in [-0.2, -0.15) is 0 Å². The Bertz CT molecular complexity index is 961. The highest BCUT2D eigenvalue weighted by atomic mass is 16.6. The van der Waals surface area contributed by atoms with Gasteiger partial charge in [0.05, 0.1) is 17.1 Å². The van der Waals surface area contributed by atoms with E-state index in [0.717, 1.165) is 38.5 Å². The van der Waals surface area contributed by atoms with Gasteiger partial charge in [-0.15, -0.1) is 0 Å². The highest BCUT2D eigenvalue weighted by Gasteiger charge is 2.22. The number of carbonyl (C=O) groups is 2. The number of non-ortho nitro benzene ring substituents is 1. The number of benzene rings is 2. The molecular formula is C23H28N4O6. The van der Waals surface area contributed by atoms with E-state index in [9.17, 15) is 19.7 Å². The summed E-state index contributed by atoms with van der Waals surface area (Å²) in [5.74, 6) is -1.27. The second-order valence-corrected chi connectivity index (χ2v) is 7.82. The quantitative estimate of drug-likeness (QED) is 0.281. The molecule has 1 aliphatic rings. The molecule has 0 unspecified atom stereocenters. The maximum Gasteiger partial charge on any atom is 0.341 e. The maximum absolute atomic E-state index is 12.5. The molecule has 1 aliphatic heterocycles. The molecule has 0 bridgehead atoms. The van der Waals surface area contributed by atoms with Crippen molar-refractivity contribution in [2.45, 2.75) is 25.4 Å². The number of carbonyl (C=O) groups excluding carboxylic acids is 2. The number of hydrogen-bond acceptors (Lipinski definition) is 8. The van der Waals surface area contributed by atoms with E-state index in [2.05, 4.69) is 27.7 Å². The zero-order valence-corrected chi connectivity index (χ0v) is 18.2. The van der Waals surface area contributed by atoms with Crippen LogP contribution >= 0.6 is 0 Å². The number of aliphatic hydroxyl groups is 1. The fourth-order valence-electron chi connectivity index (χ4n) is 3.71. The fourth-order valence-corrected chi connectivity index (χ4v) is 3.71. The molecule has 1 amide bonds. The van der Waals surface area contributed by atoms with E-state index < -0.39 is 23.4 Å². The molecule has 2 aromatic carbocycles. The fraction of sp³-hybridized carbons (Fsp3) is 0.391. The molecule has 0 aliphatic carbocycles. The third-order valence-electron chi connectivity index (χ3n) is 5.40. The number of nitro benzene ring substituents is 1. The van der Waals surface area contributed by atoms with Crippen LogP contribution in [0.3, 0.4) is 0 Å². The molecular weight excluding hydrogens is 428 g/mol. The summed E-state index contributed by atoms with van der Waals surface area (Å²) < 4.78 is 5.10. The predicted octanol–water partition coefficient (Wildman–Crippen LogP) is 1.94. The summed E-state index contributed by atoms with van der Waals surface area (Å²) in [6.45, 7) is 2.07. The Morgan fingerprint density at radius 3 is 2.55 bits per heavy atom. The van der Waals surface area contributed by atoms with Crippen molar-refractivity contribution in [1.29, 1.82) is 0 Å². The van der Waals surface area contributed by atoms with Gasteiger partial charge in [0.15, 0.2) is 6.61 Å². The molecule has 0 radical (unpaired) electrons. The van der Waals surface area contributed by atoms with Crippen LogP contribution in [0.4, 0.5) is 11.4 Å². The molecule has 2 aromatic rings. The minimum absolute atomic E-state index is 0.00261. The van der Waals surface area contributed by atoms with E-state index in [1.165, 1.54) is 17.7 Å². The number of nitrogens with zero attached hydrogens (tertiary/aromatic N) is 2. The van der Waals surface area contributed by atoms with Crippen molar-refractivity contribution in [1.82, 2.24) is 10.2 Å². The van der Waals surface area contributed by atoms with Gasteiger partial charge in [-0.25, -0.2) is 4.79 Å². The van der Waals surface area contributed by atoms with E-state index in [0.29, 0.717) is 0 Å². The predicted molar refractivity (Wildman–Crippen MR) is 122 cm³/mol. The molecule has 0 aromatic heterocycles. The standard InChI is InChI=1S/C23H28N4O6/c28-13-10-24-21-7-6-19(27(31)32)14-20(21)23(30)33-16-22(29)25-18-8-11-26(12-9-18)15-17-4-2-1-3-5-17/h1-7,14,18,24,28H,8-13,15-16H2,(H,25,29). The van der Waals surface area contributed by atoms with Crippen LogP contribution in [0.25, 0.3) is 0 Å². The van der Waals surface area contributed by atoms with Crippen LogP contribution < -0.4 is 10.6 Å². The molecule has 0 spiro atoms. The van der Waals surface area contributed by atoms with Gasteiger partial charge in [0.2, 0.25) is 0 Å². The van der Waals surface area contributed by atoms with Crippen LogP contribution in [-0.2, 0) is 16.1 Å². The lowest BCUT2D eigenvalue weighted by molar-refractivity contribution is -0.384. The third-order valence-corrected chi connectivity index (χ3v) is 5.40. The van der Waals surface area contributed by atoms with Gasteiger partial charge in [0.25, 0.3) is 11.6 Å². The van der Waals surface area contributed by atoms with Crippen molar-refractivity contribution in [3.05, 3.63) is 69.8 Å². The third kappa shape index (κ3) is 7.26. The van der Waals surface area contributed by atoms with Crippen molar-refractivity contribution >= 4 is 23.3 Å². The van der Waals surface area contributed by atoms with Crippen LogP contribution in [0, 0.1) is 10.1 Å². The van der Waals surface area contributed by atoms with Gasteiger partial charge in [-0.05, 0) is 24.5 Å². The van der Waals surface area contributed by atoms with Gasteiger partial charge < -0.3 is 20.5 Å². The first-order valence-corrected chi connectivity index (χ1v) is 10.8. The number of likely N-dealkylation sites (tertiary alicyclic amines) is 1. The number of nitro groups is 1. The molecule has 1 heterocycles. The van der Waals surface area contributed by atoms with Crippen molar-refractivity contribution in [3.63, 3.8) is 0 Å². The summed E-state index contributed by atoms with van der Waals surface area (Å²) in [6, 6.07) is 13.9. The lowest BCUT2D eigenvalue weighted by atomic mass is 10.0. The molecule has 1 fully saturated rings. The SMILES string of the molecule is O=C(COC(=O)c1cc([N+](=O)[O-])ccc1NCCO)NC1CCN(Cc2ccccc2)CC1. The Labute approximate surface area is 191 Å². The van der Waals surface area contributed by atoms with Crippen LogP contribution in [-0.4, -0.2) is 65.7 Å². The topological polar surface area (TPSA) is 134 Å². The van der Waals surface area contributed by atoms with Crippen molar-refractivity contribution in [2.24, 2.45) is 0 Å². The first kappa shape index (κ1) is 24.1. The number of piperidine rings is 1.